The normalized spacial score (nSPS) is 26.3. The maximum Gasteiger partial charge on any atom is 0.238 e. The molecule has 0 radical (unpaired) electrons. The van der Waals surface area contributed by atoms with Crippen molar-refractivity contribution < 1.29 is 9.53 Å². The molecule has 0 bridgehead atoms. The highest BCUT2D eigenvalue weighted by atomic mass is 35.5. The molecule has 1 aromatic carbocycles. The lowest BCUT2D eigenvalue weighted by atomic mass is 9.94. The number of hydrogen-bond acceptors (Lipinski definition) is 4. The number of rotatable bonds is 10. The fraction of sp³-hybridized carbons (Fsp3) is 0.560. The minimum Gasteiger partial charge on any atom is -0.379 e. The zero-order valence-corrected chi connectivity index (χ0v) is 19.2. The Morgan fingerprint density at radius 3 is 2.87 bits per heavy atom. The van der Waals surface area contributed by atoms with Gasteiger partial charge in [0.25, 0.3) is 0 Å². The summed E-state index contributed by atoms with van der Waals surface area (Å²) < 4.78 is 5.40. The smallest absolute Gasteiger partial charge is 0.238 e. The number of carbonyl (C=O) groups is 1. The van der Waals surface area contributed by atoms with Crippen LogP contribution in [0.25, 0.3) is 0 Å². The molecule has 4 rings (SSSR count). The minimum atomic E-state index is -0.320. The van der Waals surface area contributed by atoms with E-state index in [1.807, 2.05) is 30.0 Å². The summed E-state index contributed by atoms with van der Waals surface area (Å²) in [6.07, 6.45) is 8.87. The van der Waals surface area contributed by atoms with Crippen LogP contribution in [-0.2, 0) is 14.9 Å². The number of hydrogen-bond donors (Lipinski definition) is 1. The number of benzene rings is 1. The van der Waals surface area contributed by atoms with Gasteiger partial charge in [-0.1, -0.05) is 42.0 Å². The Kier molecular flexibility index (Phi) is 7.49. The Balaban J connectivity index is 1.28. The van der Waals surface area contributed by atoms with Gasteiger partial charge < -0.3 is 15.0 Å². The molecule has 1 saturated carbocycles. The van der Waals surface area contributed by atoms with E-state index in [1.54, 1.807) is 0 Å². The van der Waals surface area contributed by atoms with E-state index in [1.165, 1.54) is 5.56 Å². The van der Waals surface area contributed by atoms with Gasteiger partial charge in [0.15, 0.2) is 0 Å². The van der Waals surface area contributed by atoms with Crippen LogP contribution in [0, 0.1) is 5.92 Å². The van der Waals surface area contributed by atoms with E-state index >= 15 is 0 Å². The fourth-order valence-electron chi connectivity index (χ4n) is 4.99. The predicted molar refractivity (Wildman–Crippen MR) is 127 cm³/mol. The number of morpholine rings is 1. The highest BCUT2D eigenvalue weighted by molar-refractivity contribution is 6.31. The number of allylic oxidation sites excluding steroid dienone is 4. The summed E-state index contributed by atoms with van der Waals surface area (Å²) in [5.74, 6) is 0.643. The molecule has 1 spiro atoms. The monoisotopic (exact) mass is 443 g/mol. The maximum absolute atomic E-state index is 13.5. The molecule has 0 aromatic heterocycles. The molecule has 168 valence electrons. The third-order valence-electron chi connectivity index (χ3n) is 6.82. The first-order chi connectivity index (χ1) is 15.2. The number of nitrogens with one attached hydrogen (secondary N) is 1. The maximum atomic E-state index is 13.5. The second-order valence-corrected chi connectivity index (χ2v) is 9.15. The Bertz CT molecular complexity index is 834. The molecule has 6 heteroatoms. The van der Waals surface area contributed by atoms with Crippen LogP contribution >= 0.6 is 11.6 Å². The lowest BCUT2D eigenvalue weighted by molar-refractivity contribution is -0.120. The summed E-state index contributed by atoms with van der Waals surface area (Å²) in [6, 6.07) is 8.34. The molecule has 2 heterocycles. The first-order valence-corrected chi connectivity index (χ1v) is 12.0. The number of ether oxygens (including phenoxy) is 1. The molecule has 1 aromatic rings. The Morgan fingerprint density at radius 2 is 2.06 bits per heavy atom. The third-order valence-corrected chi connectivity index (χ3v) is 7.17. The van der Waals surface area contributed by atoms with Crippen molar-refractivity contribution in [1.29, 1.82) is 0 Å². The molecule has 2 atom stereocenters. The van der Waals surface area contributed by atoms with Gasteiger partial charge in [-0.05, 0) is 62.9 Å². The first-order valence-electron chi connectivity index (χ1n) is 11.6. The van der Waals surface area contributed by atoms with Gasteiger partial charge in [0.05, 0.1) is 18.6 Å². The van der Waals surface area contributed by atoms with E-state index in [-0.39, 0.29) is 11.3 Å². The van der Waals surface area contributed by atoms with Gasteiger partial charge in [0.2, 0.25) is 5.91 Å². The number of nitrogens with zero attached hydrogens (tertiary/aromatic N) is 2. The van der Waals surface area contributed by atoms with Crippen molar-refractivity contribution in [3.8, 4) is 0 Å². The van der Waals surface area contributed by atoms with Crippen LogP contribution < -0.4 is 10.2 Å². The van der Waals surface area contributed by atoms with Crippen LogP contribution in [-0.4, -0.2) is 63.3 Å². The number of halogens is 1. The summed E-state index contributed by atoms with van der Waals surface area (Å²) in [6.45, 7) is 9.34. The zero-order valence-electron chi connectivity index (χ0n) is 18.5. The summed E-state index contributed by atoms with van der Waals surface area (Å²) in [4.78, 5) is 17.9. The SMILES string of the molecule is CC=C(Cl)C=CCC1CC12C(=O)N(CCNCCCN1CCOCC1)c1ccccc12. The number of anilines is 1. The van der Waals surface area contributed by atoms with Gasteiger partial charge >= 0.3 is 0 Å². The molecule has 1 amide bonds. The highest BCUT2D eigenvalue weighted by Crippen LogP contribution is 2.62. The summed E-state index contributed by atoms with van der Waals surface area (Å²) >= 11 is 6.07. The largest absolute Gasteiger partial charge is 0.379 e. The minimum absolute atomic E-state index is 0.277. The lowest BCUT2D eigenvalue weighted by Gasteiger charge is -2.26. The van der Waals surface area contributed by atoms with E-state index in [0.29, 0.717) is 5.92 Å². The lowest BCUT2D eigenvalue weighted by Crippen LogP contribution is -2.39. The molecule has 2 fully saturated rings. The number of fused-ring (bicyclic) bond motifs is 2. The molecule has 1 saturated heterocycles. The van der Waals surface area contributed by atoms with Crippen molar-refractivity contribution in [3.05, 3.63) is 53.1 Å². The van der Waals surface area contributed by atoms with Crippen LogP contribution in [0.2, 0.25) is 0 Å². The third kappa shape index (κ3) is 4.90. The van der Waals surface area contributed by atoms with E-state index in [4.69, 9.17) is 16.3 Å². The summed E-state index contributed by atoms with van der Waals surface area (Å²) in [7, 11) is 0. The number of carbonyl (C=O) groups excluding carboxylic acids is 1. The van der Waals surface area contributed by atoms with Gasteiger partial charge in [-0.2, -0.15) is 0 Å². The molecule has 31 heavy (non-hydrogen) atoms. The highest BCUT2D eigenvalue weighted by Gasteiger charge is 2.65. The average molecular weight is 444 g/mol. The van der Waals surface area contributed by atoms with E-state index in [9.17, 15) is 4.79 Å². The van der Waals surface area contributed by atoms with Crippen LogP contribution in [0.15, 0.2) is 47.5 Å². The predicted octanol–water partition coefficient (Wildman–Crippen LogP) is 3.69. The van der Waals surface area contributed by atoms with Crippen LogP contribution in [0.4, 0.5) is 5.69 Å². The van der Waals surface area contributed by atoms with Crippen LogP contribution in [0.3, 0.4) is 0 Å². The van der Waals surface area contributed by atoms with Crippen LogP contribution in [0.1, 0.15) is 31.7 Å². The topological polar surface area (TPSA) is 44.8 Å². The molecule has 1 aliphatic carbocycles. The quantitative estimate of drug-likeness (QED) is 0.442. The van der Waals surface area contributed by atoms with Crippen molar-refractivity contribution in [2.45, 2.75) is 31.6 Å². The fourth-order valence-corrected chi connectivity index (χ4v) is 5.08. The van der Waals surface area contributed by atoms with Gasteiger partial charge in [0, 0.05) is 36.9 Å². The van der Waals surface area contributed by atoms with E-state index in [0.717, 1.165) is 82.5 Å². The molecule has 2 unspecified atom stereocenters. The molecular weight excluding hydrogens is 410 g/mol. The van der Waals surface area contributed by atoms with Gasteiger partial charge in [-0.3, -0.25) is 9.69 Å². The van der Waals surface area contributed by atoms with Crippen molar-refractivity contribution in [2.75, 3.05) is 57.4 Å². The standard InChI is InChI=1S/C25H34ClN3O2/c1-2-21(26)8-5-7-20-19-25(20)22-9-3-4-10-23(22)29(24(25)30)14-12-27-11-6-13-28-15-17-31-18-16-28/h2-5,8-10,20,27H,6-7,11-19H2,1H3. The second kappa shape index (κ2) is 10.3. The number of para-hydroxylation sites is 1. The molecule has 5 nitrogen and oxygen atoms in total. The average Bonchev–Trinajstić information content (AvgIpc) is 3.48. The summed E-state index contributed by atoms with van der Waals surface area (Å²) in [5, 5.41) is 4.28. The van der Waals surface area contributed by atoms with Crippen molar-refractivity contribution >= 4 is 23.2 Å². The van der Waals surface area contributed by atoms with Gasteiger partial charge in [0.1, 0.15) is 0 Å². The Hall–Kier alpha value is -1.66. The Morgan fingerprint density at radius 1 is 1.26 bits per heavy atom. The van der Waals surface area contributed by atoms with E-state index < -0.39 is 0 Å². The van der Waals surface area contributed by atoms with Crippen molar-refractivity contribution in [1.82, 2.24) is 10.2 Å². The summed E-state index contributed by atoms with van der Waals surface area (Å²) in [5.41, 5.74) is 1.99. The van der Waals surface area contributed by atoms with Crippen molar-refractivity contribution in [3.63, 3.8) is 0 Å². The number of amides is 1. The molecule has 1 N–H and O–H groups in total. The molecule has 3 aliphatic rings. The Labute approximate surface area is 191 Å². The second-order valence-electron chi connectivity index (χ2n) is 8.72. The van der Waals surface area contributed by atoms with Crippen molar-refractivity contribution in [2.24, 2.45) is 5.92 Å². The molecule has 2 aliphatic heterocycles. The molecular formula is C25H34ClN3O2. The van der Waals surface area contributed by atoms with Gasteiger partial charge in [-0.15, -0.1) is 0 Å². The zero-order chi connectivity index (χ0) is 21.7. The van der Waals surface area contributed by atoms with Crippen LogP contribution in [0.5, 0.6) is 0 Å². The van der Waals surface area contributed by atoms with Gasteiger partial charge in [-0.25, -0.2) is 0 Å². The van der Waals surface area contributed by atoms with E-state index in [2.05, 4.69) is 34.5 Å². The first kappa shape index (κ1) is 22.5.